The second-order valence-corrected chi connectivity index (χ2v) is 8.63. The van der Waals surface area contributed by atoms with Gasteiger partial charge >= 0.3 is 0 Å². The topological polar surface area (TPSA) is 76.8 Å². The van der Waals surface area contributed by atoms with Gasteiger partial charge in [-0.2, -0.15) is 0 Å². The van der Waals surface area contributed by atoms with E-state index in [4.69, 9.17) is 15.2 Å². The Labute approximate surface area is 193 Å². The Morgan fingerprint density at radius 3 is 2.40 bits per heavy atom. The summed E-state index contributed by atoms with van der Waals surface area (Å²) in [6.45, 7) is 12.4. The van der Waals surface area contributed by atoms with Crippen LogP contribution < -0.4 is 11.1 Å². The minimum atomic E-state index is -0.893. The van der Waals surface area contributed by atoms with Crippen LogP contribution in [0.4, 0.5) is 0 Å². The van der Waals surface area contributed by atoms with Crippen molar-refractivity contribution in [1.29, 1.82) is 0 Å². The number of nitrogens with zero attached hydrogens (tertiary/aromatic N) is 1. The molecular weight excluding hydrogens is 425 g/mol. The molecule has 6 nitrogen and oxygen atoms in total. The Morgan fingerprint density at radius 2 is 1.87 bits per heavy atom. The van der Waals surface area contributed by atoms with E-state index in [1.807, 2.05) is 20.8 Å². The molecule has 0 spiro atoms. The molecule has 1 aromatic carbocycles. The number of aryl methyl sites for hydroxylation is 1. The molecule has 1 amide bonds. The van der Waals surface area contributed by atoms with Gasteiger partial charge in [0.25, 0.3) is 0 Å². The monoisotopic (exact) mass is 461 g/mol. The fraction of sp³-hybridized carbons (Fsp3) is 0.682. The lowest BCUT2D eigenvalue weighted by molar-refractivity contribution is -0.170. The summed E-state index contributed by atoms with van der Waals surface area (Å²) in [5.41, 5.74) is 7.70. The van der Waals surface area contributed by atoms with Gasteiger partial charge in [-0.3, -0.25) is 9.69 Å². The van der Waals surface area contributed by atoms with Crippen molar-refractivity contribution in [2.75, 3.05) is 39.5 Å². The molecule has 3 atom stereocenters. The normalized spacial score (nSPS) is 26.5. The van der Waals surface area contributed by atoms with Crippen molar-refractivity contribution in [3.05, 3.63) is 35.4 Å². The Balaban J connectivity index is 0.00000225. The van der Waals surface area contributed by atoms with E-state index in [2.05, 4.69) is 41.4 Å². The lowest BCUT2D eigenvalue weighted by atomic mass is 9.54. The highest BCUT2D eigenvalue weighted by Crippen LogP contribution is 2.49. The van der Waals surface area contributed by atoms with E-state index in [0.717, 1.165) is 26.3 Å². The first-order chi connectivity index (χ1) is 13.3. The molecule has 3 N–H and O–H groups in total. The number of hydrogen-bond donors (Lipinski definition) is 2. The van der Waals surface area contributed by atoms with Crippen molar-refractivity contribution in [3.63, 3.8) is 0 Å². The SMILES string of the molecule is CCOC1CC(N)(C(=O)NCC(c2ccc(C)cc2)N2CCOCC2)C1(C)C.Cl.Cl. The molecule has 3 unspecified atom stereocenters. The molecule has 2 aliphatic rings. The number of ether oxygens (including phenoxy) is 2. The van der Waals surface area contributed by atoms with Crippen LogP contribution >= 0.6 is 24.8 Å². The van der Waals surface area contributed by atoms with Gasteiger partial charge in [-0.05, 0) is 19.4 Å². The lowest BCUT2D eigenvalue weighted by Crippen LogP contribution is -2.76. The number of carbonyl (C=O) groups excluding carboxylic acids is 1. The zero-order valence-electron chi connectivity index (χ0n) is 18.5. The molecule has 1 saturated heterocycles. The van der Waals surface area contributed by atoms with Gasteiger partial charge < -0.3 is 20.5 Å². The predicted octanol–water partition coefficient (Wildman–Crippen LogP) is 2.86. The average Bonchev–Trinajstić information content (AvgIpc) is 2.69. The molecule has 0 radical (unpaired) electrons. The highest BCUT2D eigenvalue weighted by Gasteiger charge is 2.62. The minimum Gasteiger partial charge on any atom is -0.379 e. The summed E-state index contributed by atoms with van der Waals surface area (Å²) in [6.07, 6.45) is 0.590. The van der Waals surface area contributed by atoms with Gasteiger partial charge in [0.1, 0.15) is 5.54 Å². The molecule has 0 bridgehead atoms. The number of halogens is 2. The van der Waals surface area contributed by atoms with Gasteiger partial charge in [0.2, 0.25) is 5.91 Å². The Bertz CT molecular complexity index is 681. The molecule has 8 heteroatoms. The van der Waals surface area contributed by atoms with Gasteiger partial charge in [-0.25, -0.2) is 0 Å². The molecule has 30 heavy (non-hydrogen) atoms. The summed E-state index contributed by atoms with van der Waals surface area (Å²) in [5, 5.41) is 3.15. The van der Waals surface area contributed by atoms with Crippen molar-refractivity contribution in [2.24, 2.45) is 11.1 Å². The highest BCUT2D eigenvalue weighted by atomic mass is 35.5. The van der Waals surface area contributed by atoms with Gasteiger partial charge in [0.15, 0.2) is 0 Å². The zero-order valence-corrected chi connectivity index (χ0v) is 20.1. The van der Waals surface area contributed by atoms with Crippen LogP contribution in [0.2, 0.25) is 0 Å². The van der Waals surface area contributed by atoms with Crippen molar-refractivity contribution in [2.45, 2.75) is 51.8 Å². The van der Waals surface area contributed by atoms with Crippen molar-refractivity contribution in [1.82, 2.24) is 10.2 Å². The number of carbonyl (C=O) groups is 1. The summed E-state index contributed by atoms with van der Waals surface area (Å²) in [6, 6.07) is 8.66. The van der Waals surface area contributed by atoms with E-state index in [-0.39, 0.29) is 48.3 Å². The molecular formula is C22H37Cl2N3O3. The molecule has 3 rings (SSSR count). The second-order valence-electron chi connectivity index (χ2n) is 8.63. The van der Waals surface area contributed by atoms with Crippen LogP contribution in [0.15, 0.2) is 24.3 Å². The molecule has 1 aliphatic carbocycles. The summed E-state index contributed by atoms with van der Waals surface area (Å²) in [7, 11) is 0. The summed E-state index contributed by atoms with van der Waals surface area (Å²) >= 11 is 0. The highest BCUT2D eigenvalue weighted by molar-refractivity contribution is 5.88. The fourth-order valence-electron chi connectivity index (χ4n) is 4.30. The maximum absolute atomic E-state index is 13.1. The van der Waals surface area contributed by atoms with Crippen LogP contribution in [0.25, 0.3) is 0 Å². The maximum atomic E-state index is 13.1. The minimum absolute atomic E-state index is 0. The first kappa shape index (κ1) is 27.1. The van der Waals surface area contributed by atoms with Crippen LogP contribution in [-0.2, 0) is 14.3 Å². The number of rotatable bonds is 7. The summed E-state index contributed by atoms with van der Waals surface area (Å²) < 4.78 is 11.3. The first-order valence-corrected chi connectivity index (χ1v) is 10.4. The third-order valence-electron chi connectivity index (χ3n) is 6.64. The van der Waals surface area contributed by atoms with Crippen LogP contribution in [-0.4, -0.2) is 61.9 Å². The predicted molar refractivity (Wildman–Crippen MR) is 125 cm³/mol. The number of benzene rings is 1. The quantitative estimate of drug-likeness (QED) is 0.652. The molecule has 2 fully saturated rings. The molecule has 1 heterocycles. The molecule has 172 valence electrons. The van der Waals surface area contributed by atoms with Crippen LogP contribution in [0, 0.1) is 12.3 Å². The van der Waals surface area contributed by atoms with Crippen LogP contribution in [0.5, 0.6) is 0 Å². The number of morpholine rings is 1. The summed E-state index contributed by atoms with van der Waals surface area (Å²) in [4.78, 5) is 15.4. The third-order valence-corrected chi connectivity index (χ3v) is 6.64. The van der Waals surface area contributed by atoms with Crippen LogP contribution in [0.1, 0.15) is 44.4 Å². The van der Waals surface area contributed by atoms with E-state index < -0.39 is 5.54 Å². The van der Waals surface area contributed by atoms with Gasteiger partial charge in [-0.15, -0.1) is 24.8 Å². The number of nitrogens with one attached hydrogen (secondary N) is 1. The molecule has 1 aromatic rings. The van der Waals surface area contributed by atoms with E-state index >= 15 is 0 Å². The van der Waals surface area contributed by atoms with Crippen molar-refractivity contribution < 1.29 is 14.3 Å². The summed E-state index contributed by atoms with van der Waals surface area (Å²) in [5.74, 6) is -0.0844. The van der Waals surface area contributed by atoms with E-state index in [9.17, 15) is 4.79 Å². The molecule has 1 aliphatic heterocycles. The Kier molecular flexibility index (Phi) is 10.1. The van der Waals surface area contributed by atoms with E-state index in [0.29, 0.717) is 19.6 Å². The second kappa shape index (κ2) is 11.1. The van der Waals surface area contributed by atoms with Crippen LogP contribution in [0.3, 0.4) is 0 Å². The lowest BCUT2D eigenvalue weighted by Gasteiger charge is -2.57. The van der Waals surface area contributed by atoms with Gasteiger partial charge in [0, 0.05) is 38.1 Å². The van der Waals surface area contributed by atoms with E-state index in [1.165, 1.54) is 11.1 Å². The Hall–Kier alpha value is -0.890. The third kappa shape index (κ3) is 5.29. The van der Waals surface area contributed by atoms with E-state index in [1.54, 1.807) is 0 Å². The number of amides is 1. The number of nitrogens with two attached hydrogens (primary N) is 1. The first-order valence-electron chi connectivity index (χ1n) is 10.4. The average molecular weight is 462 g/mol. The van der Waals surface area contributed by atoms with Gasteiger partial charge in [-0.1, -0.05) is 43.7 Å². The smallest absolute Gasteiger partial charge is 0.240 e. The fourth-order valence-corrected chi connectivity index (χ4v) is 4.30. The Morgan fingerprint density at radius 1 is 1.27 bits per heavy atom. The van der Waals surface area contributed by atoms with Crippen molar-refractivity contribution in [3.8, 4) is 0 Å². The molecule has 1 saturated carbocycles. The number of hydrogen-bond acceptors (Lipinski definition) is 5. The standard InChI is InChI=1S/C22H35N3O3.2ClH/c1-5-28-19-14-22(23,21(19,3)4)20(26)24-15-18(25-10-12-27-13-11-25)17-8-6-16(2)7-9-17;;/h6-9,18-19H,5,10-15,23H2,1-4H3,(H,24,26);2*1H. The van der Waals surface area contributed by atoms with Crippen molar-refractivity contribution >= 4 is 30.7 Å². The zero-order chi connectivity index (χ0) is 20.4. The largest absolute Gasteiger partial charge is 0.379 e. The maximum Gasteiger partial charge on any atom is 0.240 e. The molecule has 0 aromatic heterocycles. The van der Waals surface area contributed by atoms with Gasteiger partial charge in [0.05, 0.1) is 25.4 Å².